The second-order valence-electron chi connectivity index (χ2n) is 2.76. The van der Waals surface area contributed by atoms with Gasteiger partial charge in [0, 0.05) is 13.7 Å². The number of hydrogen-bond donors (Lipinski definition) is 1. The summed E-state index contributed by atoms with van der Waals surface area (Å²) in [7, 11) is 1.61. The van der Waals surface area contributed by atoms with Crippen molar-refractivity contribution in [3.05, 3.63) is 16.9 Å². The molecule has 0 bridgehead atoms. The third kappa shape index (κ3) is 2.21. The van der Waals surface area contributed by atoms with E-state index in [4.69, 9.17) is 22.1 Å². The Balaban J connectivity index is 2.89. The lowest BCUT2D eigenvalue weighted by atomic mass is 10.2. The standard InChI is InChI=1S/C8H14ClN3O/c1-3-12-8(6(9)4-11-12)7(10)5-13-2/h4,7H,3,5,10H2,1-2H3. The van der Waals surface area contributed by atoms with Crippen LogP contribution in [0.25, 0.3) is 0 Å². The summed E-state index contributed by atoms with van der Waals surface area (Å²) in [4.78, 5) is 0. The van der Waals surface area contributed by atoms with Crippen LogP contribution < -0.4 is 5.73 Å². The van der Waals surface area contributed by atoms with Gasteiger partial charge in [-0.1, -0.05) is 11.6 Å². The topological polar surface area (TPSA) is 53.1 Å². The Bertz CT molecular complexity index is 274. The zero-order valence-corrected chi connectivity index (χ0v) is 8.58. The number of rotatable bonds is 4. The monoisotopic (exact) mass is 203 g/mol. The molecule has 0 aliphatic rings. The van der Waals surface area contributed by atoms with Crippen LogP contribution in [0.3, 0.4) is 0 Å². The summed E-state index contributed by atoms with van der Waals surface area (Å²) < 4.78 is 6.74. The van der Waals surface area contributed by atoms with Crippen LogP contribution in [0.15, 0.2) is 6.20 Å². The molecule has 0 saturated carbocycles. The number of nitrogens with zero attached hydrogens (tertiary/aromatic N) is 2. The maximum atomic E-state index is 5.94. The zero-order valence-electron chi connectivity index (χ0n) is 7.83. The first-order valence-electron chi connectivity index (χ1n) is 4.16. The van der Waals surface area contributed by atoms with E-state index in [0.29, 0.717) is 11.6 Å². The minimum atomic E-state index is -0.208. The van der Waals surface area contributed by atoms with Crippen LogP contribution in [0.1, 0.15) is 18.7 Å². The van der Waals surface area contributed by atoms with Crippen molar-refractivity contribution in [2.45, 2.75) is 19.5 Å². The lowest BCUT2D eigenvalue weighted by Crippen LogP contribution is -2.20. The van der Waals surface area contributed by atoms with Gasteiger partial charge in [0.25, 0.3) is 0 Å². The van der Waals surface area contributed by atoms with Crippen molar-refractivity contribution in [3.63, 3.8) is 0 Å². The number of aryl methyl sites for hydroxylation is 1. The van der Waals surface area contributed by atoms with Crippen molar-refractivity contribution >= 4 is 11.6 Å². The smallest absolute Gasteiger partial charge is 0.0834 e. The summed E-state index contributed by atoms with van der Waals surface area (Å²) in [6.07, 6.45) is 1.61. The Morgan fingerprint density at radius 2 is 2.46 bits per heavy atom. The summed E-state index contributed by atoms with van der Waals surface area (Å²) in [5, 5.41) is 4.69. The van der Waals surface area contributed by atoms with Gasteiger partial charge in [-0.3, -0.25) is 4.68 Å². The van der Waals surface area contributed by atoms with Gasteiger partial charge >= 0.3 is 0 Å². The van der Waals surface area contributed by atoms with E-state index in [0.717, 1.165) is 12.2 Å². The summed E-state index contributed by atoms with van der Waals surface area (Å²) in [5.74, 6) is 0. The van der Waals surface area contributed by atoms with Crippen molar-refractivity contribution in [2.75, 3.05) is 13.7 Å². The molecule has 4 nitrogen and oxygen atoms in total. The predicted octanol–water partition coefficient (Wildman–Crippen LogP) is 1.20. The van der Waals surface area contributed by atoms with Crippen LogP contribution in [0.2, 0.25) is 5.02 Å². The Labute approximate surface area is 82.6 Å². The minimum absolute atomic E-state index is 0.208. The van der Waals surface area contributed by atoms with E-state index in [2.05, 4.69) is 5.10 Å². The molecule has 1 rings (SSSR count). The van der Waals surface area contributed by atoms with Gasteiger partial charge in [-0.05, 0) is 6.92 Å². The van der Waals surface area contributed by atoms with Gasteiger partial charge in [0.05, 0.1) is 29.6 Å². The van der Waals surface area contributed by atoms with Crippen LogP contribution >= 0.6 is 11.6 Å². The first kappa shape index (κ1) is 10.5. The molecule has 5 heteroatoms. The van der Waals surface area contributed by atoms with Crippen LogP contribution in [0.5, 0.6) is 0 Å². The average molecular weight is 204 g/mol. The SMILES string of the molecule is CCn1ncc(Cl)c1C(N)COC. The molecule has 13 heavy (non-hydrogen) atoms. The van der Waals surface area contributed by atoms with Gasteiger partial charge in [-0.15, -0.1) is 0 Å². The molecule has 0 amide bonds. The van der Waals surface area contributed by atoms with E-state index in [-0.39, 0.29) is 6.04 Å². The van der Waals surface area contributed by atoms with E-state index in [1.807, 2.05) is 6.92 Å². The Kier molecular flexibility index (Phi) is 3.71. The normalized spacial score (nSPS) is 13.2. The van der Waals surface area contributed by atoms with Crippen LogP contribution in [0.4, 0.5) is 0 Å². The molecule has 0 fully saturated rings. The second kappa shape index (κ2) is 4.60. The van der Waals surface area contributed by atoms with Gasteiger partial charge in [-0.2, -0.15) is 5.10 Å². The lowest BCUT2D eigenvalue weighted by molar-refractivity contribution is 0.178. The first-order chi connectivity index (χ1) is 6.20. The third-order valence-electron chi connectivity index (χ3n) is 1.83. The molecule has 0 aliphatic carbocycles. The number of ether oxygens (including phenoxy) is 1. The molecule has 2 N–H and O–H groups in total. The highest BCUT2D eigenvalue weighted by Crippen LogP contribution is 2.21. The Hall–Kier alpha value is -0.580. The molecular formula is C8H14ClN3O. The predicted molar refractivity (Wildman–Crippen MR) is 51.7 cm³/mol. The molecule has 1 aromatic rings. The number of hydrogen-bond acceptors (Lipinski definition) is 3. The largest absolute Gasteiger partial charge is 0.383 e. The highest BCUT2D eigenvalue weighted by atomic mass is 35.5. The molecule has 0 radical (unpaired) electrons. The molecule has 0 aliphatic heterocycles. The van der Waals surface area contributed by atoms with Gasteiger partial charge in [-0.25, -0.2) is 0 Å². The van der Waals surface area contributed by atoms with E-state index < -0.39 is 0 Å². The van der Waals surface area contributed by atoms with Crippen molar-refractivity contribution < 1.29 is 4.74 Å². The molecular weight excluding hydrogens is 190 g/mol. The van der Waals surface area contributed by atoms with Gasteiger partial charge in [0.2, 0.25) is 0 Å². The van der Waals surface area contributed by atoms with Crippen LogP contribution in [0, 0.1) is 0 Å². The number of methoxy groups -OCH3 is 1. The number of aromatic nitrogens is 2. The summed E-state index contributed by atoms with van der Waals surface area (Å²) >= 11 is 5.94. The quantitative estimate of drug-likeness (QED) is 0.800. The van der Waals surface area contributed by atoms with Crippen molar-refractivity contribution in [1.82, 2.24) is 9.78 Å². The molecule has 1 unspecified atom stereocenters. The lowest BCUT2D eigenvalue weighted by Gasteiger charge is -2.12. The van der Waals surface area contributed by atoms with Gasteiger partial charge < -0.3 is 10.5 Å². The molecule has 74 valence electrons. The van der Waals surface area contributed by atoms with Crippen LogP contribution in [-0.2, 0) is 11.3 Å². The maximum Gasteiger partial charge on any atom is 0.0834 e. The highest BCUT2D eigenvalue weighted by Gasteiger charge is 2.15. The minimum Gasteiger partial charge on any atom is -0.383 e. The summed E-state index contributed by atoms with van der Waals surface area (Å²) in [5.41, 5.74) is 6.70. The maximum absolute atomic E-state index is 5.94. The Morgan fingerprint density at radius 3 is 3.00 bits per heavy atom. The highest BCUT2D eigenvalue weighted by molar-refractivity contribution is 6.31. The molecule has 0 aromatic carbocycles. The number of nitrogens with two attached hydrogens (primary N) is 1. The molecule has 0 saturated heterocycles. The van der Waals surface area contributed by atoms with E-state index in [1.54, 1.807) is 18.0 Å². The Morgan fingerprint density at radius 1 is 1.77 bits per heavy atom. The molecule has 1 atom stereocenters. The van der Waals surface area contributed by atoms with E-state index in [1.165, 1.54) is 0 Å². The fourth-order valence-electron chi connectivity index (χ4n) is 1.25. The average Bonchev–Trinajstić information content (AvgIpc) is 2.47. The fourth-order valence-corrected chi connectivity index (χ4v) is 1.53. The third-order valence-corrected chi connectivity index (χ3v) is 2.12. The summed E-state index contributed by atoms with van der Waals surface area (Å²) in [6.45, 7) is 3.21. The number of halogens is 1. The zero-order chi connectivity index (χ0) is 9.84. The molecule has 0 spiro atoms. The summed E-state index contributed by atoms with van der Waals surface area (Å²) in [6, 6.07) is -0.208. The van der Waals surface area contributed by atoms with Crippen molar-refractivity contribution in [1.29, 1.82) is 0 Å². The van der Waals surface area contributed by atoms with E-state index >= 15 is 0 Å². The molecule has 1 heterocycles. The van der Waals surface area contributed by atoms with E-state index in [9.17, 15) is 0 Å². The molecule has 1 aromatic heterocycles. The first-order valence-corrected chi connectivity index (χ1v) is 4.54. The van der Waals surface area contributed by atoms with Crippen molar-refractivity contribution in [3.8, 4) is 0 Å². The van der Waals surface area contributed by atoms with Crippen LogP contribution in [-0.4, -0.2) is 23.5 Å². The van der Waals surface area contributed by atoms with Gasteiger partial charge in [0.15, 0.2) is 0 Å². The van der Waals surface area contributed by atoms with Crippen molar-refractivity contribution in [2.24, 2.45) is 5.73 Å². The fraction of sp³-hybridized carbons (Fsp3) is 0.625. The van der Waals surface area contributed by atoms with Gasteiger partial charge in [0.1, 0.15) is 0 Å². The second-order valence-corrected chi connectivity index (χ2v) is 3.16.